The van der Waals surface area contributed by atoms with Crippen LogP contribution in [0.5, 0.6) is 0 Å². The van der Waals surface area contributed by atoms with Gasteiger partial charge >= 0.3 is 5.97 Å². The summed E-state index contributed by atoms with van der Waals surface area (Å²) in [6.45, 7) is 5.81. The largest absolute Gasteiger partial charge is 0.478 e. The lowest BCUT2D eigenvalue weighted by atomic mass is 10.00. The number of nitrogens with two attached hydrogens (primary N) is 1. The molecule has 0 radical (unpaired) electrons. The zero-order chi connectivity index (χ0) is 12.1. The van der Waals surface area contributed by atoms with E-state index in [4.69, 9.17) is 10.8 Å². The number of hydrogen-bond donors (Lipinski definition) is 3. The maximum absolute atomic E-state index is 10.7. The number of carboxylic acids is 1. The molecule has 1 amide bonds. The molecule has 4 N–H and O–H groups in total. The van der Waals surface area contributed by atoms with E-state index in [0.717, 1.165) is 6.08 Å². The summed E-state index contributed by atoms with van der Waals surface area (Å²) in [6.07, 6.45) is 1.35. The van der Waals surface area contributed by atoms with Gasteiger partial charge < -0.3 is 16.2 Å². The number of primary amides is 1. The van der Waals surface area contributed by atoms with Crippen LogP contribution in [0.2, 0.25) is 0 Å². The van der Waals surface area contributed by atoms with Gasteiger partial charge in [0.05, 0.1) is 0 Å². The first-order chi connectivity index (χ1) is 6.73. The Balaban J connectivity index is 4.14. The first-order valence-corrected chi connectivity index (χ1v) is 4.66. The van der Waals surface area contributed by atoms with Gasteiger partial charge in [0.1, 0.15) is 0 Å². The van der Waals surface area contributed by atoms with E-state index in [1.165, 1.54) is 0 Å². The van der Waals surface area contributed by atoms with Crippen LogP contribution >= 0.6 is 0 Å². The maximum Gasteiger partial charge on any atom is 0.328 e. The summed E-state index contributed by atoms with van der Waals surface area (Å²) in [6, 6.07) is 0. The Morgan fingerprint density at radius 2 is 2.00 bits per heavy atom. The summed E-state index contributed by atoms with van der Waals surface area (Å²) in [5.74, 6) is -1.35. The van der Waals surface area contributed by atoms with Crippen molar-refractivity contribution in [3.05, 3.63) is 11.6 Å². The lowest BCUT2D eigenvalue weighted by Crippen LogP contribution is -2.43. The van der Waals surface area contributed by atoms with Gasteiger partial charge in [0, 0.05) is 24.6 Å². The molecule has 0 aliphatic heterocycles. The summed E-state index contributed by atoms with van der Waals surface area (Å²) >= 11 is 0. The standard InChI is InChI=1S/C10H18N2O3/c1-7(4-9(14)15)6-12-10(2,3)5-8(11)13/h4,12H,5-6H2,1-3H3,(H2,11,13)(H,14,15). The Bertz CT molecular complexity index is 282. The number of carboxylic acid groups (broad SMARTS) is 1. The first kappa shape index (κ1) is 13.6. The van der Waals surface area contributed by atoms with Crippen molar-refractivity contribution >= 4 is 11.9 Å². The van der Waals surface area contributed by atoms with Crippen LogP contribution in [0.4, 0.5) is 0 Å². The Morgan fingerprint density at radius 1 is 1.47 bits per heavy atom. The van der Waals surface area contributed by atoms with Crippen molar-refractivity contribution in [2.24, 2.45) is 5.73 Å². The molecule has 0 aromatic carbocycles. The van der Waals surface area contributed by atoms with Crippen LogP contribution in [0.25, 0.3) is 0 Å². The number of carbonyl (C=O) groups excluding carboxylic acids is 1. The van der Waals surface area contributed by atoms with Gasteiger partial charge in [-0.05, 0) is 20.8 Å². The van der Waals surface area contributed by atoms with Gasteiger partial charge in [0.15, 0.2) is 0 Å². The van der Waals surface area contributed by atoms with E-state index in [0.29, 0.717) is 12.1 Å². The SMILES string of the molecule is CC(=CC(=O)O)CNC(C)(C)CC(N)=O. The zero-order valence-corrected chi connectivity index (χ0v) is 9.33. The predicted octanol–water partition coefficient (Wildman–Crippen LogP) is 0.261. The lowest BCUT2D eigenvalue weighted by molar-refractivity contribution is -0.131. The van der Waals surface area contributed by atoms with Crippen molar-refractivity contribution < 1.29 is 14.7 Å². The Hall–Kier alpha value is -1.36. The normalized spacial score (nSPS) is 12.6. The van der Waals surface area contributed by atoms with Gasteiger partial charge in [-0.1, -0.05) is 5.57 Å². The summed E-state index contributed by atoms with van der Waals surface area (Å²) in [5.41, 5.74) is 5.36. The number of nitrogens with one attached hydrogen (secondary N) is 1. The van der Waals surface area contributed by atoms with Gasteiger partial charge in [-0.3, -0.25) is 4.79 Å². The molecule has 0 rings (SSSR count). The van der Waals surface area contributed by atoms with Crippen LogP contribution in [0.1, 0.15) is 27.2 Å². The molecule has 0 aromatic rings. The number of amides is 1. The number of aliphatic carboxylic acids is 1. The third-order valence-corrected chi connectivity index (χ3v) is 1.83. The van der Waals surface area contributed by atoms with E-state index in [9.17, 15) is 9.59 Å². The Kier molecular flexibility index (Phi) is 5.00. The average Bonchev–Trinajstić information content (AvgIpc) is 1.97. The van der Waals surface area contributed by atoms with Crippen LogP contribution in [-0.2, 0) is 9.59 Å². The molecule has 0 spiro atoms. The average molecular weight is 214 g/mol. The first-order valence-electron chi connectivity index (χ1n) is 4.66. The van der Waals surface area contributed by atoms with Gasteiger partial charge in [0.25, 0.3) is 0 Å². The molecule has 0 aromatic heterocycles. The van der Waals surface area contributed by atoms with Crippen molar-refractivity contribution in [1.29, 1.82) is 0 Å². The number of hydrogen-bond acceptors (Lipinski definition) is 3. The summed E-state index contributed by atoms with van der Waals surface area (Å²) in [4.78, 5) is 21.0. The summed E-state index contributed by atoms with van der Waals surface area (Å²) < 4.78 is 0. The van der Waals surface area contributed by atoms with Gasteiger partial charge in [-0.15, -0.1) is 0 Å². The lowest BCUT2D eigenvalue weighted by Gasteiger charge is -2.24. The molecule has 0 aliphatic carbocycles. The highest BCUT2D eigenvalue weighted by molar-refractivity contribution is 5.80. The van der Waals surface area contributed by atoms with Crippen LogP contribution in [0, 0.1) is 0 Å². The van der Waals surface area contributed by atoms with Crippen molar-refractivity contribution in [2.45, 2.75) is 32.7 Å². The number of carbonyl (C=O) groups is 2. The van der Waals surface area contributed by atoms with E-state index in [1.54, 1.807) is 6.92 Å². The van der Waals surface area contributed by atoms with Crippen molar-refractivity contribution in [3.63, 3.8) is 0 Å². The van der Waals surface area contributed by atoms with Gasteiger partial charge in [-0.25, -0.2) is 4.79 Å². The van der Waals surface area contributed by atoms with Crippen LogP contribution < -0.4 is 11.1 Å². The second-order valence-corrected chi connectivity index (χ2v) is 4.21. The second kappa shape index (κ2) is 5.50. The Labute approximate surface area is 89.3 Å². The minimum Gasteiger partial charge on any atom is -0.478 e. The fourth-order valence-electron chi connectivity index (χ4n) is 1.14. The minimum absolute atomic E-state index is 0.216. The molecule has 0 fully saturated rings. The molecule has 15 heavy (non-hydrogen) atoms. The molecular weight excluding hydrogens is 196 g/mol. The van der Waals surface area contributed by atoms with Crippen molar-refractivity contribution in [3.8, 4) is 0 Å². The molecule has 5 nitrogen and oxygen atoms in total. The quantitative estimate of drug-likeness (QED) is 0.553. The molecular formula is C10H18N2O3. The molecule has 0 saturated heterocycles. The Morgan fingerprint density at radius 3 is 2.40 bits per heavy atom. The second-order valence-electron chi connectivity index (χ2n) is 4.21. The van der Waals surface area contributed by atoms with E-state index in [2.05, 4.69) is 5.32 Å². The fourth-order valence-corrected chi connectivity index (χ4v) is 1.14. The van der Waals surface area contributed by atoms with Crippen LogP contribution in [0.15, 0.2) is 11.6 Å². The van der Waals surface area contributed by atoms with E-state index in [-0.39, 0.29) is 12.3 Å². The molecule has 0 heterocycles. The van der Waals surface area contributed by atoms with Gasteiger partial charge in [-0.2, -0.15) is 0 Å². The highest BCUT2D eigenvalue weighted by Gasteiger charge is 2.19. The van der Waals surface area contributed by atoms with E-state index in [1.807, 2.05) is 13.8 Å². The topological polar surface area (TPSA) is 92.4 Å². The van der Waals surface area contributed by atoms with Crippen molar-refractivity contribution in [1.82, 2.24) is 5.32 Å². The summed E-state index contributed by atoms with van der Waals surface area (Å²) in [7, 11) is 0. The molecule has 0 bridgehead atoms. The van der Waals surface area contributed by atoms with Crippen LogP contribution in [0.3, 0.4) is 0 Å². The summed E-state index contributed by atoms with van der Waals surface area (Å²) in [5, 5.41) is 11.5. The van der Waals surface area contributed by atoms with Crippen LogP contribution in [-0.4, -0.2) is 29.1 Å². The molecule has 0 unspecified atom stereocenters. The predicted molar refractivity (Wildman–Crippen MR) is 57.3 cm³/mol. The smallest absolute Gasteiger partial charge is 0.328 e. The van der Waals surface area contributed by atoms with Gasteiger partial charge in [0.2, 0.25) is 5.91 Å². The van der Waals surface area contributed by atoms with E-state index < -0.39 is 11.5 Å². The maximum atomic E-state index is 10.7. The molecule has 0 saturated carbocycles. The number of rotatable bonds is 6. The fraction of sp³-hybridized carbons (Fsp3) is 0.600. The molecule has 0 aliphatic rings. The monoisotopic (exact) mass is 214 g/mol. The highest BCUT2D eigenvalue weighted by Crippen LogP contribution is 2.07. The minimum atomic E-state index is -0.970. The van der Waals surface area contributed by atoms with Crippen molar-refractivity contribution in [2.75, 3.05) is 6.54 Å². The third-order valence-electron chi connectivity index (χ3n) is 1.83. The molecule has 86 valence electrons. The molecule has 0 atom stereocenters. The highest BCUT2D eigenvalue weighted by atomic mass is 16.4. The molecule has 5 heteroatoms. The zero-order valence-electron chi connectivity index (χ0n) is 9.33. The van der Waals surface area contributed by atoms with E-state index >= 15 is 0 Å². The third kappa shape index (κ3) is 7.69.